The minimum atomic E-state index is -0.547. The number of nitrogens with zero attached hydrogens (tertiary/aromatic N) is 1. The van der Waals surface area contributed by atoms with Crippen LogP contribution in [0, 0.1) is 0 Å². The number of pyridine rings is 1. The van der Waals surface area contributed by atoms with Crippen LogP contribution in [0.3, 0.4) is 0 Å². The molecule has 0 bridgehead atoms. The summed E-state index contributed by atoms with van der Waals surface area (Å²) in [6.45, 7) is 2.45. The van der Waals surface area contributed by atoms with Crippen LogP contribution >= 0.6 is 11.6 Å². The van der Waals surface area contributed by atoms with Crippen LogP contribution in [0.2, 0.25) is 0 Å². The fourth-order valence-corrected chi connectivity index (χ4v) is 2.35. The fraction of sp³-hybridized carbons (Fsp3) is 0.250. The van der Waals surface area contributed by atoms with Crippen LogP contribution in [0.5, 0.6) is 5.75 Å². The molecule has 0 radical (unpaired) electrons. The highest BCUT2D eigenvalue weighted by atomic mass is 35.5. The number of carbonyl (C=O) groups is 1. The standard InChI is InChI=1S/C16H16ClNO3/c1-3-21-14-7-5-4-6-12(14)13-9-8-11(10-15(17)19)16(20)18(13)2/h4-9H,3,10H2,1-2H3. The lowest BCUT2D eigenvalue weighted by atomic mass is 10.1. The number of hydrogen-bond acceptors (Lipinski definition) is 3. The number of carbonyl (C=O) groups excluding carboxylic acids is 1. The van der Waals surface area contributed by atoms with Gasteiger partial charge in [0.25, 0.3) is 5.56 Å². The molecule has 0 saturated heterocycles. The molecule has 0 amide bonds. The van der Waals surface area contributed by atoms with Crippen LogP contribution in [0.25, 0.3) is 11.3 Å². The van der Waals surface area contributed by atoms with E-state index < -0.39 is 5.24 Å². The van der Waals surface area contributed by atoms with Crippen molar-refractivity contribution in [3.05, 3.63) is 52.3 Å². The maximum absolute atomic E-state index is 12.3. The largest absolute Gasteiger partial charge is 0.493 e. The molecule has 2 aromatic rings. The second-order valence-electron chi connectivity index (χ2n) is 4.57. The van der Waals surface area contributed by atoms with Gasteiger partial charge in [-0.25, -0.2) is 0 Å². The zero-order chi connectivity index (χ0) is 15.4. The van der Waals surface area contributed by atoms with Gasteiger partial charge >= 0.3 is 0 Å². The molecular formula is C16H16ClNO3. The predicted molar refractivity (Wildman–Crippen MR) is 82.9 cm³/mol. The molecule has 0 saturated carbocycles. The van der Waals surface area contributed by atoms with E-state index in [0.717, 1.165) is 17.0 Å². The van der Waals surface area contributed by atoms with Gasteiger partial charge in [-0.1, -0.05) is 18.2 Å². The van der Waals surface area contributed by atoms with Crippen molar-refractivity contribution >= 4 is 16.8 Å². The molecule has 21 heavy (non-hydrogen) atoms. The van der Waals surface area contributed by atoms with Crippen molar-refractivity contribution in [2.45, 2.75) is 13.3 Å². The highest BCUT2D eigenvalue weighted by molar-refractivity contribution is 6.63. The Balaban J connectivity index is 2.54. The Kier molecular flexibility index (Phi) is 4.81. The molecule has 0 aliphatic rings. The normalized spacial score (nSPS) is 10.4. The van der Waals surface area contributed by atoms with Gasteiger partial charge in [0.05, 0.1) is 18.7 Å². The van der Waals surface area contributed by atoms with E-state index in [-0.39, 0.29) is 12.0 Å². The predicted octanol–water partition coefficient (Wildman–Crippen LogP) is 2.76. The summed E-state index contributed by atoms with van der Waals surface area (Å²) in [5.74, 6) is 0.719. The Morgan fingerprint density at radius 3 is 2.62 bits per heavy atom. The number of rotatable bonds is 5. The minimum absolute atomic E-state index is 0.0678. The zero-order valence-corrected chi connectivity index (χ0v) is 12.7. The van der Waals surface area contributed by atoms with E-state index >= 15 is 0 Å². The molecule has 0 aliphatic carbocycles. The lowest BCUT2D eigenvalue weighted by Gasteiger charge is -2.14. The minimum Gasteiger partial charge on any atom is -0.493 e. The summed E-state index contributed by atoms with van der Waals surface area (Å²) in [5.41, 5.74) is 1.72. The van der Waals surface area contributed by atoms with Crippen molar-refractivity contribution in [1.29, 1.82) is 0 Å². The summed E-state index contributed by atoms with van der Waals surface area (Å²) in [5, 5.41) is -0.547. The van der Waals surface area contributed by atoms with Crippen LogP contribution in [0.1, 0.15) is 12.5 Å². The molecule has 1 heterocycles. The van der Waals surface area contributed by atoms with E-state index in [1.165, 1.54) is 4.57 Å². The molecule has 2 rings (SSSR count). The Morgan fingerprint density at radius 1 is 1.24 bits per heavy atom. The summed E-state index contributed by atoms with van der Waals surface area (Å²) < 4.78 is 7.10. The van der Waals surface area contributed by atoms with Gasteiger partial charge in [0.15, 0.2) is 0 Å². The zero-order valence-electron chi connectivity index (χ0n) is 11.9. The van der Waals surface area contributed by atoms with E-state index in [0.29, 0.717) is 12.2 Å². The molecule has 0 spiro atoms. The number of hydrogen-bond donors (Lipinski definition) is 0. The lowest BCUT2D eigenvalue weighted by molar-refractivity contribution is -0.111. The van der Waals surface area contributed by atoms with Crippen LogP contribution in [-0.4, -0.2) is 16.4 Å². The van der Waals surface area contributed by atoms with Crippen LogP contribution in [0.15, 0.2) is 41.2 Å². The van der Waals surface area contributed by atoms with E-state index in [2.05, 4.69) is 0 Å². The average molecular weight is 306 g/mol. The maximum atomic E-state index is 12.3. The van der Waals surface area contributed by atoms with Crippen molar-refractivity contribution in [1.82, 2.24) is 4.57 Å². The van der Waals surface area contributed by atoms with Crippen LogP contribution in [0.4, 0.5) is 0 Å². The SMILES string of the molecule is CCOc1ccccc1-c1ccc(CC(=O)Cl)c(=O)n1C. The topological polar surface area (TPSA) is 48.3 Å². The first-order valence-electron chi connectivity index (χ1n) is 6.64. The summed E-state index contributed by atoms with van der Waals surface area (Å²) in [4.78, 5) is 23.2. The molecule has 5 heteroatoms. The quantitative estimate of drug-likeness (QED) is 0.798. The monoisotopic (exact) mass is 305 g/mol. The number of benzene rings is 1. The summed E-state index contributed by atoms with van der Waals surface area (Å²) in [7, 11) is 1.67. The lowest BCUT2D eigenvalue weighted by Crippen LogP contribution is -2.23. The van der Waals surface area contributed by atoms with Gasteiger partial charge < -0.3 is 9.30 Å². The number of aromatic nitrogens is 1. The van der Waals surface area contributed by atoms with E-state index in [1.54, 1.807) is 19.2 Å². The van der Waals surface area contributed by atoms with Gasteiger partial charge in [0.1, 0.15) is 5.75 Å². The third-order valence-electron chi connectivity index (χ3n) is 3.18. The van der Waals surface area contributed by atoms with Gasteiger partial charge in [-0.2, -0.15) is 0 Å². The van der Waals surface area contributed by atoms with Crippen molar-refractivity contribution in [2.75, 3.05) is 6.61 Å². The summed E-state index contributed by atoms with van der Waals surface area (Å²) >= 11 is 5.35. The molecule has 0 N–H and O–H groups in total. The Bertz CT molecular complexity index is 722. The number of ether oxygens (including phenoxy) is 1. The van der Waals surface area contributed by atoms with E-state index in [4.69, 9.17) is 16.3 Å². The van der Waals surface area contributed by atoms with Gasteiger partial charge in [-0.15, -0.1) is 0 Å². The number of para-hydroxylation sites is 1. The van der Waals surface area contributed by atoms with E-state index in [9.17, 15) is 9.59 Å². The first kappa shape index (κ1) is 15.3. The van der Waals surface area contributed by atoms with E-state index in [1.807, 2.05) is 31.2 Å². The smallest absolute Gasteiger partial charge is 0.254 e. The average Bonchev–Trinajstić information content (AvgIpc) is 2.45. The highest BCUT2D eigenvalue weighted by Crippen LogP contribution is 2.28. The second-order valence-corrected chi connectivity index (χ2v) is 4.99. The molecular weight excluding hydrogens is 290 g/mol. The Labute approximate surface area is 127 Å². The van der Waals surface area contributed by atoms with Gasteiger partial charge in [0.2, 0.25) is 5.24 Å². The van der Waals surface area contributed by atoms with Crippen molar-refractivity contribution in [3.63, 3.8) is 0 Å². The van der Waals surface area contributed by atoms with Crippen molar-refractivity contribution < 1.29 is 9.53 Å². The van der Waals surface area contributed by atoms with Crippen molar-refractivity contribution in [2.24, 2.45) is 7.05 Å². The second kappa shape index (κ2) is 6.59. The molecule has 0 unspecified atom stereocenters. The molecule has 0 aliphatic heterocycles. The third-order valence-corrected chi connectivity index (χ3v) is 3.31. The highest BCUT2D eigenvalue weighted by Gasteiger charge is 2.12. The van der Waals surface area contributed by atoms with Crippen LogP contribution in [-0.2, 0) is 18.3 Å². The molecule has 0 fully saturated rings. The summed E-state index contributed by atoms with van der Waals surface area (Å²) in [6, 6.07) is 11.0. The van der Waals surface area contributed by atoms with Gasteiger partial charge in [-0.3, -0.25) is 9.59 Å². The first-order valence-corrected chi connectivity index (χ1v) is 7.01. The van der Waals surface area contributed by atoms with Crippen molar-refractivity contribution in [3.8, 4) is 17.0 Å². The Hall–Kier alpha value is -2.07. The maximum Gasteiger partial charge on any atom is 0.254 e. The third kappa shape index (κ3) is 3.34. The van der Waals surface area contributed by atoms with Gasteiger partial charge in [0, 0.05) is 18.2 Å². The fourth-order valence-electron chi connectivity index (χ4n) is 2.20. The molecule has 1 aromatic carbocycles. The molecule has 4 nitrogen and oxygen atoms in total. The first-order chi connectivity index (χ1) is 10.0. The molecule has 1 aromatic heterocycles. The number of halogens is 1. The van der Waals surface area contributed by atoms with Gasteiger partial charge in [-0.05, 0) is 36.7 Å². The summed E-state index contributed by atoms with van der Waals surface area (Å²) in [6.07, 6.45) is -0.0678. The molecule has 110 valence electrons. The van der Waals surface area contributed by atoms with Crippen LogP contribution < -0.4 is 10.3 Å². The Morgan fingerprint density at radius 2 is 1.95 bits per heavy atom. The molecule has 0 atom stereocenters.